The van der Waals surface area contributed by atoms with Crippen LogP contribution in [0.4, 0.5) is 0 Å². The lowest BCUT2D eigenvalue weighted by Gasteiger charge is -2.34. The summed E-state index contributed by atoms with van der Waals surface area (Å²) >= 11 is 0. The van der Waals surface area contributed by atoms with Gasteiger partial charge in [0.05, 0.1) is 5.69 Å². The van der Waals surface area contributed by atoms with Gasteiger partial charge in [0.15, 0.2) is 5.78 Å². The molecule has 0 radical (unpaired) electrons. The van der Waals surface area contributed by atoms with Crippen LogP contribution in [0, 0.1) is 13.8 Å². The molecule has 2 aromatic heterocycles. The number of piperazine rings is 1. The van der Waals surface area contributed by atoms with Gasteiger partial charge in [0.2, 0.25) is 0 Å². The summed E-state index contributed by atoms with van der Waals surface area (Å²) in [6, 6.07) is 2.02. The number of aryl methyl sites for hydroxylation is 2. The maximum absolute atomic E-state index is 12.8. The first-order valence-corrected chi connectivity index (χ1v) is 8.57. The molecule has 0 unspecified atom stereocenters. The van der Waals surface area contributed by atoms with Crippen molar-refractivity contribution in [2.45, 2.75) is 27.3 Å². The fourth-order valence-corrected chi connectivity index (χ4v) is 3.54. The summed E-state index contributed by atoms with van der Waals surface area (Å²) in [5.41, 5.74) is 3.87. The van der Waals surface area contributed by atoms with Gasteiger partial charge in [0, 0.05) is 57.2 Å². The number of hydrogen-bond donors (Lipinski definition) is 1. The van der Waals surface area contributed by atoms with Crippen LogP contribution in [0.5, 0.6) is 0 Å². The number of carbonyl (C=O) groups is 2. The van der Waals surface area contributed by atoms with E-state index in [9.17, 15) is 9.59 Å². The molecule has 1 amide bonds. The Hall–Kier alpha value is -2.41. The van der Waals surface area contributed by atoms with Gasteiger partial charge >= 0.3 is 0 Å². The minimum atomic E-state index is -0.0201. The molecule has 3 rings (SSSR count). The molecular weight excluding hydrogens is 318 g/mol. The van der Waals surface area contributed by atoms with Gasteiger partial charge in [-0.2, -0.15) is 5.10 Å². The number of Topliss-reactive ketones (excluding diaryl/α,β-unsaturated/α-hetero) is 1. The van der Waals surface area contributed by atoms with Crippen molar-refractivity contribution in [2.24, 2.45) is 7.05 Å². The number of rotatable bonds is 4. The van der Waals surface area contributed by atoms with Crippen molar-refractivity contribution in [2.75, 3.05) is 26.2 Å². The highest BCUT2D eigenvalue weighted by atomic mass is 16.2. The molecular formula is C18H25N5O2. The molecule has 1 aliphatic rings. The second-order valence-electron chi connectivity index (χ2n) is 6.70. The highest BCUT2D eigenvalue weighted by Gasteiger charge is 2.27. The van der Waals surface area contributed by atoms with Crippen LogP contribution in [0.2, 0.25) is 0 Å². The first-order valence-electron chi connectivity index (χ1n) is 8.57. The van der Waals surface area contributed by atoms with Crippen molar-refractivity contribution < 1.29 is 9.59 Å². The standard InChI is InChI=1S/C18H25N5O2/c1-12-16(14(3)24)13(2)20-17(12)18(25)23-9-7-22(8-10-23)11-15-5-6-19-21(15)4/h5-6,20H,7-11H2,1-4H3. The monoisotopic (exact) mass is 343 g/mol. The number of hydrogen-bond acceptors (Lipinski definition) is 4. The summed E-state index contributed by atoms with van der Waals surface area (Å²) in [5, 5.41) is 4.19. The molecule has 0 aliphatic carbocycles. The molecule has 1 saturated heterocycles. The van der Waals surface area contributed by atoms with Crippen LogP contribution in [0.3, 0.4) is 0 Å². The van der Waals surface area contributed by atoms with E-state index >= 15 is 0 Å². The molecule has 2 aromatic rings. The van der Waals surface area contributed by atoms with Crippen molar-refractivity contribution >= 4 is 11.7 Å². The summed E-state index contributed by atoms with van der Waals surface area (Å²) in [7, 11) is 1.94. The normalized spacial score (nSPS) is 15.6. The Morgan fingerprint density at radius 1 is 1.20 bits per heavy atom. The second kappa shape index (κ2) is 6.84. The van der Waals surface area contributed by atoms with Crippen molar-refractivity contribution in [3.05, 3.63) is 40.5 Å². The fourth-order valence-electron chi connectivity index (χ4n) is 3.54. The van der Waals surface area contributed by atoms with Crippen LogP contribution in [-0.2, 0) is 13.6 Å². The maximum atomic E-state index is 12.8. The zero-order valence-corrected chi connectivity index (χ0v) is 15.3. The van der Waals surface area contributed by atoms with Crippen molar-refractivity contribution in [1.82, 2.24) is 24.6 Å². The van der Waals surface area contributed by atoms with Gasteiger partial charge in [0.1, 0.15) is 5.69 Å². The summed E-state index contributed by atoms with van der Waals surface area (Å²) < 4.78 is 1.88. The van der Waals surface area contributed by atoms with Gasteiger partial charge < -0.3 is 9.88 Å². The average Bonchev–Trinajstić information content (AvgIpc) is 3.10. The average molecular weight is 343 g/mol. The van der Waals surface area contributed by atoms with E-state index in [1.165, 1.54) is 12.6 Å². The molecule has 7 heteroatoms. The highest BCUT2D eigenvalue weighted by molar-refractivity contribution is 6.02. The molecule has 25 heavy (non-hydrogen) atoms. The van der Waals surface area contributed by atoms with Crippen LogP contribution >= 0.6 is 0 Å². The first kappa shape index (κ1) is 17.4. The number of aromatic nitrogens is 3. The minimum absolute atomic E-state index is 0.00806. The van der Waals surface area contributed by atoms with Crippen molar-refractivity contribution in [3.8, 4) is 0 Å². The zero-order valence-electron chi connectivity index (χ0n) is 15.3. The van der Waals surface area contributed by atoms with Crippen LogP contribution in [0.1, 0.15) is 44.7 Å². The van der Waals surface area contributed by atoms with Gasteiger partial charge in [-0.3, -0.25) is 19.2 Å². The molecule has 7 nitrogen and oxygen atoms in total. The number of H-pyrrole nitrogens is 1. The Morgan fingerprint density at radius 3 is 2.40 bits per heavy atom. The van der Waals surface area contributed by atoms with Crippen molar-refractivity contribution in [3.63, 3.8) is 0 Å². The number of nitrogens with one attached hydrogen (secondary N) is 1. The fraction of sp³-hybridized carbons (Fsp3) is 0.500. The third-order valence-corrected chi connectivity index (χ3v) is 4.97. The van der Waals surface area contributed by atoms with Gasteiger partial charge in [-0.05, 0) is 32.4 Å². The number of ketones is 1. The Morgan fingerprint density at radius 2 is 1.88 bits per heavy atom. The Labute approximate surface area is 147 Å². The molecule has 0 spiro atoms. The molecule has 0 saturated carbocycles. The molecule has 1 fully saturated rings. The third kappa shape index (κ3) is 3.37. The van der Waals surface area contributed by atoms with E-state index in [1.54, 1.807) is 6.20 Å². The van der Waals surface area contributed by atoms with Crippen LogP contribution in [0.15, 0.2) is 12.3 Å². The highest BCUT2D eigenvalue weighted by Crippen LogP contribution is 2.20. The van der Waals surface area contributed by atoms with Gasteiger partial charge in [0.25, 0.3) is 5.91 Å². The summed E-state index contributed by atoms with van der Waals surface area (Å²) in [6.07, 6.45) is 1.80. The summed E-state index contributed by atoms with van der Waals surface area (Å²) in [5.74, 6) is -0.0282. The maximum Gasteiger partial charge on any atom is 0.270 e. The van der Waals surface area contributed by atoms with E-state index in [-0.39, 0.29) is 11.7 Å². The van der Waals surface area contributed by atoms with E-state index in [4.69, 9.17) is 0 Å². The minimum Gasteiger partial charge on any atom is -0.354 e. The molecule has 3 heterocycles. The SMILES string of the molecule is CC(=O)c1c(C)[nH]c(C(=O)N2CCN(Cc3ccnn3C)CC2)c1C. The molecule has 134 valence electrons. The summed E-state index contributed by atoms with van der Waals surface area (Å²) in [6.45, 7) is 9.08. The Balaban J connectivity index is 1.65. The smallest absolute Gasteiger partial charge is 0.270 e. The van der Waals surface area contributed by atoms with Gasteiger partial charge in [-0.25, -0.2) is 0 Å². The topological polar surface area (TPSA) is 74.2 Å². The third-order valence-electron chi connectivity index (χ3n) is 4.97. The van der Waals surface area contributed by atoms with E-state index in [2.05, 4.69) is 15.0 Å². The molecule has 1 N–H and O–H groups in total. The summed E-state index contributed by atoms with van der Waals surface area (Å²) in [4.78, 5) is 31.9. The Kier molecular flexibility index (Phi) is 4.76. The van der Waals surface area contributed by atoms with Crippen LogP contribution in [0.25, 0.3) is 0 Å². The van der Waals surface area contributed by atoms with Crippen LogP contribution < -0.4 is 0 Å². The lowest BCUT2D eigenvalue weighted by molar-refractivity contribution is 0.0619. The van der Waals surface area contributed by atoms with E-state index in [1.807, 2.05) is 36.5 Å². The first-order chi connectivity index (χ1) is 11.9. The predicted octanol–water partition coefficient (Wildman–Crippen LogP) is 1.53. The lowest BCUT2D eigenvalue weighted by atomic mass is 10.1. The quantitative estimate of drug-likeness (QED) is 0.855. The number of aromatic amines is 1. The number of carbonyl (C=O) groups excluding carboxylic acids is 2. The van der Waals surface area contributed by atoms with Crippen molar-refractivity contribution in [1.29, 1.82) is 0 Å². The predicted molar refractivity (Wildman–Crippen MR) is 94.7 cm³/mol. The Bertz CT molecular complexity index is 796. The molecule has 1 aliphatic heterocycles. The van der Waals surface area contributed by atoms with Crippen LogP contribution in [-0.4, -0.2) is 62.4 Å². The number of nitrogens with zero attached hydrogens (tertiary/aromatic N) is 4. The lowest BCUT2D eigenvalue weighted by Crippen LogP contribution is -2.48. The number of amides is 1. The largest absolute Gasteiger partial charge is 0.354 e. The molecule has 0 aromatic carbocycles. The van der Waals surface area contributed by atoms with E-state index in [0.717, 1.165) is 30.9 Å². The molecule has 0 atom stereocenters. The zero-order chi connectivity index (χ0) is 18.1. The molecule has 0 bridgehead atoms. The second-order valence-corrected chi connectivity index (χ2v) is 6.70. The van der Waals surface area contributed by atoms with Gasteiger partial charge in [-0.1, -0.05) is 0 Å². The van der Waals surface area contributed by atoms with Gasteiger partial charge in [-0.15, -0.1) is 0 Å². The van der Waals surface area contributed by atoms with E-state index in [0.29, 0.717) is 24.3 Å². The van der Waals surface area contributed by atoms with E-state index < -0.39 is 0 Å².